The van der Waals surface area contributed by atoms with E-state index in [2.05, 4.69) is 4.98 Å². The van der Waals surface area contributed by atoms with Crippen LogP contribution in [0.25, 0.3) is 0 Å². The summed E-state index contributed by atoms with van der Waals surface area (Å²) < 4.78 is 0. The van der Waals surface area contributed by atoms with Crippen LogP contribution in [0.4, 0.5) is 5.69 Å². The predicted molar refractivity (Wildman–Crippen MR) is 45.4 cm³/mol. The van der Waals surface area contributed by atoms with Crippen LogP contribution in [0.3, 0.4) is 0 Å². The van der Waals surface area contributed by atoms with E-state index in [-0.39, 0.29) is 10.7 Å². The highest BCUT2D eigenvalue weighted by atomic mass is 35.5. The van der Waals surface area contributed by atoms with Crippen LogP contribution >= 0.6 is 11.6 Å². The average molecular weight is 187 g/mol. The lowest BCUT2D eigenvalue weighted by atomic mass is 10.2. The standard InChI is InChI=1S/C7H7ClN2O2/c1-4-5(2)9-3-6(7(4)8)10(11)12/h3H,1-2H3. The number of hydrogen-bond donors (Lipinski definition) is 0. The summed E-state index contributed by atoms with van der Waals surface area (Å²) in [6.45, 7) is 3.46. The van der Waals surface area contributed by atoms with Crippen LogP contribution in [0.15, 0.2) is 6.20 Å². The maximum atomic E-state index is 10.4. The van der Waals surface area contributed by atoms with Crippen molar-refractivity contribution < 1.29 is 4.92 Å². The van der Waals surface area contributed by atoms with Crippen LogP contribution in [0.5, 0.6) is 0 Å². The molecule has 0 aliphatic heterocycles. The average Bonchev–Trinajstić information content (AvgIpc) is 2.00. The Bertz CT molecular complexity index is 338. The van der Waals surface area contributed by atoms with E-state index in [0.717, 1.165) is 0 Å². The smallest absolute Gasteiger partial charge is 0.258 e. The summed E-state index contributed by atoms with van der Waals surface area (Å²) in [4.78, 5) is 13.7. The van der Waals surface area contributed by atoms with Gasteiger partial charge in [0.15, 0.2) is 0 Å². The molecule has 0 saturated carbocycles. The minimum atomic E-state index is -0.540. The largest absolute Gasteiger partial charge is 0.306 e. The van der Waals surface area contributed by atoms with Crippen LogP contribution in [0.2, 0.25) is 5.02 Å². The molecular weight excluding hydrogens is 180 g/mol. The van der Waals surface area contributed by atoms with E-state index < -0.39 is 4.92 Å². The van der Waals surface area contributed by atoms with Gasteiger partial charge >= 0.3 is 5.69 Å². The lowest BCUT2D eigenvalue weighted by molar-refractivity contribution is -0.385. The molecule has 1 aromatic heterocycles. The molecule has 12 heavy (non-hydrogen) atoms. The number of nitrogens with zero attached hydrogens (tertiary/aromatic N) is 2. The number of aromatic nitrogens is 1. The minimum Gasteiger partial charge on any atom is -0.258 e. The Morgan fingerprint density at radius 2 is 2.17 bits per heavy atom. The van der Waals surface area contributed by atoms with E-state index in [4.69, 9.17) is 11.6 Å². The summed E-state index contributed by atoms with van der Waals surface area (Å²) >= 11 is 5.71. The second-order valence-corrected chi connectivity index (χ2v) is 2.80. The first-order chi connectivity index (χ1) is 5.54. The van der Waals surface area contributed by atoms with Gasteiger partial charge in [-0.25, -0.2) is 0 Å². The SMILES string of the molecule is Cc1ncc([N+](=O)[O-])c(Cl)c1C. The summed E-state index contributed by atoms with van der Waals surface area (Å²) in [6.07, 6.45) is 1.17. The Balaban J connectivity index is 3.36. The lowest BCUT2D eigenvalue weighted by Crippen LogP contribution is -1.95. The highest BCUT2D eigenvalue weighted by Crippen LogP contribution is 2.27. The third-order valence-corrected chi connectivity index (χ3v) is 2.15. The van der Waals surface area contributed by atoms with Crippen LogP contribution in [-0.4, -0.2) is 9.91 Å². The van der Waals surface area contributed by atoms with E-state index in [1.165, 1.54) is 6.20 Å². The van der Waals surface area contributed by atoms with Gasteiger partial charge in [0.25, 0.3) is 0 Å². The van der Waals surface area contributed by atoms with Crippen molar-refractivity contribution in [1.82, 2.24) is 4.98 Å². The van der Waals surface area contributed by atoms with Crippen LogP contribution in [0.1, 0.15) is 11.3 Å². The normalized spacial score (nSPS) is 9.92. The number of pyridine rings is 1. The Hall–Kier alpha value is -1.16. The van der Waals surface area contributed by atoms with Gasteiger partial charge in [-0.1, -0.05) is 11.6 Å². The van der Waals surface area contributed by atoms with Crippen molar-refractivity contribution in [1.29, 1.82) is 0 Å². The molecule has 0 unspecified atom stereocenters. The van der Waals surface area contributed by atoms with Crippen molar-refractivity contribution >= 4 is 17.3 Å². The number of nitro groups is 1. The molecule has 0 bridgehead atoms. The Morgan fingerprint density at radius 3 is 2.67 bits per heavy atom. The fourth-order valence-corrected chi connectivity index (χ4v) is 1.04. The minimum absolute atomic E-state index is 0.139. The van der Waals surface area contributed by atoms with Gasteiger partial charge in [-0.3, -0.25) is 15.1 Å². The molecule has 0 saturated heterocycles. The van der Waals surface area contributed by atoms with Crippen molar-refractivity contribution in [2.45, 2.75) is 13.8 Å². The van der Waals surface area contributed by atoms with Gasteiger partial charge in [-0.05, 0) is 19.4 Å². The van der Waals surface area contributed by atoms with Crippen molar-refractivity contribution in [2.24, 2.45) is 0 Å². The molecule has 1 heterocycles. The lowest BCUT2D eigenvalue weighted by Gasteiger charge is -2.00. The van der Waals surface area contributed by atoms with Gasteiger partial charge in [-0.2, -0.15) is 0 Å². The van der Waals surface area contributed by atoms with Crippen molar-refractivity contribution in [3.8, 4) is 0 Å². The number of rotatable bonds is 1. The zero-order chi connectivity index (χ0) is 9.30. The zero-order valence-corrected chi connectivity index (χ0v) is 7.42. The van der Waals surface area contributed by atoms with E-state index in [1.54, 1.807) is 13.8 Å². The van der Waals surface area contributed by atoms with E-state index in [0.29, 0.717) is 11.3 Å². The fourth-order valence-electron chi connectivity index (χ4n) is 0.790. The molecular formula is C7H7ClN2O2. The van der Waals surface area contributed by atoms with E-state index in [1.807, 2.05) is 0 Å². The molecule has 0 atom stereocenters. The van der Waals surface area contributed by atoms with Crippen LogP contribution < -0.4 is 0 Å². The Labute approximate surface area is 74.3 Å². The molecule has 0 radical (unpaired) electrons. The summed E-state index contributed by atoms with van der Waals surface area (Å²) in [5.41, 5.74) is 1.23. The topological polar surface area (TPSA) is 56.0 Å². The Morgan fingerprint density at radius 1 is 1.58 bits per heavy atom. The quantitative estimate of drug-likeness (QED) is 0.499. The Kier molecular flexibility index (Phi) is 2.28. The first kappa shape index (κ1) is 8.93. The molecule has 0 spiro atoms. The predicted octanol–water partition coefficient (Wildman–Crippen LogP) is 2.26. The van der Waals surface area contributed by atoms with E-state index in [9.17, 15) is 10.1 Å². The maximum absolute atomic E-state index is 10.4. The summed E-state index contributed by atoms with van der Waals surface area (Å²) in [7, 11) is 0. The summed E-state index contributed by atoms with van der Waals surface area (Å²) in [5.74, 6) is 0. The molecule has 4 nitrogen and oxygen atoms in total. The number of aryl methyl sites for hydroxylation is 1. The third-order valence-electron chi connectivity index (χ3n) is 1.67. The molecule has 0 amide bonds. The van der Waals surface area contributed by atoms with Gasteiger partial charge in [0.2, 0.25) is 0 Å². The van der Waals surface area contributed by atoms with Crippen LogP contribution in [0, 0.1) is 24.0 Å². The first-order valence-corrected chi connectivity index (χ1v) is 3.68. The molecule has 5 heteroatoms. The maximum Gasteiger partial charge on any atom is 0.306 e. The van der Waals surface area contributed by atoms with Gasteiger partial charge in [0.05, 0.1) is 4.92 Å². The molecule has 1 aromatic rings. The molecule has 64 valence electrons. The first-order valence-electron chi connectivity index (χ1n) is 3.30. The number of hydrogen-bond acceptors (Lipinski definition) is 3. The van der Waals surface area contributed by atoms with Gasteiger partial charge < -0.3 is 0 Å². The second-order valence-electron chi connectivity index (χ2n) is 2.42. The highest BCUT2D eigenvalue weighted by Gasteiger charge is 2.15. The summed E-state index contributed by atoms with van der Waals surface area (Å²) in [5, 5.41) is 10.5. The molecule has 0 fully saturated rings. The molecule has 0 aromatic carbocycles. The molecule has 0 aliphatic carbocycles. The fraction of sp³-hybridized carbons (Fsp3) is 0.286. The molecule has 1 rings (SSSR count). The molecule has 0 aliphatic rings. The monoisotopic (exact) mass is 186 g/mol. The second kappa shape index (κ2) is 3.06. The van der Waals surface area contributed by atoms with Crippen LogP contribution in [-0.2, 0) is 0 Å². The molecule has 0 N–H and O–H groups in total. The van der Waals surface area contributed by atoms with Crippen molar-refractivity contribution in [3.63, 3.8) is 0 Å². The third kappa shape index (κ3) is 1.38. The summed E-state index contributed by atoms with van der Waals surface area (Å²) in [6, 6.07) is 0. The van der Waals surface area contributed by atoms with Gasteiger partial charge in [0.1, 0.15) is 11.2 Å². The zero-order valence-electron chi connectivity index (χ0n) is 6.67. The van der Waals surface area contributed by atoms with E-state index >= 15 is 0 Å². The van der Waals surface area contributed by atoms with Crippen molar-refractivity contribution in [3.05, 3.63) is 32.6 Å². The number of halogens is 1. The van der Waals surface area contributed by atoms with Gasteiger partial charge in [0, 0.05) is 5.69 Å². The van der Waals surface area contributed by atoms with Gasteiger partial charge in [-0.15, -0.1) is 0 Å². The highest BCUT2D eigenvalue weighted by molar-refractivity contribution is 6.33. The van der Waals surface area contributed by atoms with Crippen molar-refractivity contribution in [2.75, 3.05) is 0 Å².